The highest BCUT2D eigenvalue weighted by molar-refractivity contribution is 5.91. The highest BCUT2D eigenvalue weighted by Crippen LogP contribution is 2.11. The van der Waals surface area contributed by atoms with E-state index in [-0.39, 0.29) is 24.4 Å². The number of esters is 2. The molecule has 4 heteroatoms. The minimum Gasteiger partial charge on any atom is -0.465 e. The normalized spacial score (nSPS) is 12.6. The van der Waals surface area contributed by atoms with Gasteiger partial charge < -0.3 is 9.47 Å². The van der Waals surface area contributed by atoms with Gasteiger partial charge in [-0.05, 0) is 18.3 Å². The van der Waals surface area contributed by atoms with Crippen LogP contribution in [0.15, 0.2) is 0 Å². The molecule has 0 aromatic rings. The van der Waals surface area contributed by atoms with Crippen molar-refractivity contribution in [1.29, 1.82) is 0 Å². The fourth-order valence-electron chi connectivity index (χ4n) is 1.33. The van der Waals surface area contributed by atoms with E-state index < -0.39 is 11.9 Å². The number of hydrogen-bond acceptors (Lipinski definition) is 4. The third-order valence-electron chi connectivity index (χ3n) is 2.30. The maximum Gasteiger partial charge on any atom is 0.317 e. The van der Waals surface area contributed by atoms with E-state index in [9.17, 15) is 9.59 Å². The summed E-state index contributed by atoms with van der Waals surface area (Å²) in [7, 11) is 0. The summed E-state index contributed by atoms with van der Waals surface area (Å²) in [5.41, 5.74) is 0. The first-order chi connectivity index (χ1) is 7.86. The van der Waals surface area contributed by atoms with Crippen molar-refractivity contribution >= 4 is 11.9 Å². The average molecular weight is 244 g/mol. The average Bonchev–Trinajstić information content (AvgIpc) is 2.22. The van der Waals surface area contributed by atoms with Crippen molar-refractivity contribution < 1.29 is 19.1 Å². The van der Waals surface area contributed by atoms with Crippen LogP contribution in [0.2, 0.25) is 0 Å². The molecule has 0 N–H and O–H groups in total. The number of carbonyl (C=O) groups is 2. The van der Waals surface area contributed by atoms with Crippen molar-refractivity contribution in [2.75, 3.05) is 6.61 Å². The van der Waals surface area contributed by atoms with Crippen LogP contribution in [0.5, 0.6) is 0 Å². The van der Waals surface area contributed by atoms with Gasteiger partial charge >= 0.3 is 11.9 Å². The van der Waals surface area contributed by atoms with Crippen LogP contribution in [-0.4, -0.2) is 24.6 Å². The molecule has 0 aliphatic rings. The molecule has 0 aliphatic heterocycles. The minimum atomic E-state index is -0.512. The Morgan fingerprint density at radius 3 is 2.06 bits per heavy atom. The molecular weight excluding hydrogens is 220 g/mol. The monoisotopic (exact) mass is 244 g/mol. The van der Waals surface area contributed by atoms with Gasteiger partial charge in [0.1, 0.15) is 12.5 Å². The summed E-state index contributed by atoms with van der Waals surface area (Å²) in [6, 6.07) is 0. The molecule has 0 rings (SSSR count). The molecule has 0 radical (unpaired) electrons. The lowest BCUT2D eigenvalue weighted by Gasteiger charge is -2.19. The van der Waals surface area contributed by atoms with Gasteiger partial charge in [-0.2, -0.15) is 0 Å². The minimum absolute atomic E-state index is 0.125. The predicted octanol–water partition coefficient (Wildman–Crippen LogP) is 2.55. The van der Waals surface area contributed by atoms with E-state index in [0.29, 0.717) is 6.61 Å². The van der Waals surface area contributed by atoms with Crippen LogP contribution >= 0.6 is 0 Å². The molecule has 1 atom stereocenters. The fourth-order valence-corrected chi connectivity index (χ4v) is 1.33. The fraction of sp³-hybridized carbons (Fsp3) is 0.846. The first-order valence-electron chi connectivity index (χ1n) is 6.21. The lowest BCUT2D eigenvalue weighted by atomic mass is 10.1. The number of rotatable bonds is 7. The highest BCUT2D eigenvalue weighted by Gasteiger charge is 2.19. The molecule has 0 saturated carbocycles. The summed E-state index contributed by atoms with van der Waals surface area (Å²) >= 11 is 0. The maximum absolute atomic E-state index is 11.4. The van der Waals surface area contributed by atoms with Crippen LogP contribution in [0.3, 0.4) is 0 Å². The van der Waals surface area contributed by atoms with Gasteiger partial charge in [-0.1, -0.05) is 34.6 Å². The molecule has 1 unspecified atom stereocenters. The molecule has 100 valence electrons. The quantitative estimate of drug-likeness (QED) is 0.510. The Labute approximate surface area is 104 Å². The van der Waals surface area contributed by atoms with Gasteiger partial charge in [0, 0.05) is 0 Å². The second-order valence-corrected chi connectivity index (χ2v) is 4.93. The van der Waals surface area contributed by atoms with Gasteiger partial charge in [0.2, 0.25) is 0 Å². The van der Waals surface area contributed by atoms with Gasteiger partial charge in [0.25, 0.3) is 0 Å². The zero-order valence-electron chi connectivity index (χ0n) is 11.5. The van der Waals surface area contributed by atoms with Crippen LogP contribution < -0.4 is 0 Å². The van der Waals surface area contributed by atoms with Crippen molar-refractivity contribution in [3.63, 3.8) is 0 Å². The largest absolute Gasteiger partial charge is 0.465 e. The number of hydrogen-bond donors (Lipinski definition) is 0. The van der Waals surface area contributed by atoms with Crippen molar-refractivity contribution in [2.24, 2.45) is 11.8 Å². The summed E-state index contributed by atoms with van der Waals surface area (Å²) in [4.78, 5) is 22.7. The van der Waals surface area contributed by atoms with E-state index >= 15 is 0 Å². The summed E-state index contributed by atoms with van der Waals surface area (Å²) in [5.74, 6) is -0.480. The predicted molar refractivity (Wildman–Crippen MR) is 65.4 cm³/mol. The summed E-state index contributed by atoms with van der Waals surface area (Å²) in [6.07, 6.45) is 0.334. The molecule has 4 nitrogen and oxygen atoms in total. The zero-order valence-corrected chi connectivity index (χ0v) is 11.5. The Hall–Kier alpha value is -1.06. The first-order valence-corrected chi connectivity index (χ1v) is 6.21. The van der Waals surface area contributed by atoms with Crippen molar-refractivity contribution in [3.8, 4) is 0 Å². The summed E-state index contributed by atoms with van der Waals surface area (Å²) in [6.45, 7) is 10.1. The Bertz CT molecular complexity index is 246. The molecule has 0 heterocycles. The lowest BCUT2D eigenvalue weighted by Crippen LogP contribution is -2.25. The van der Waals surface area contributed by atoms with E-state index in [4.69, 9.17) is 9.47 Å². The second kappa shape index (κ2) is 8.09. The second-order valence-electron chi connectivity index (χ2n) is 4.93. The summed E-state index contributed by atoms with van der Waals surface area (Å²) in [5, 5.41) is 0. The van der Waals surface area contributed by atoms with E-state index in [2.05, 4.69) is 0 Å². The molecule has 0 bridgehead atoms. The van der Waals surface area contributed by atoms with Crippen LogP contribution in [0, 0.1) is 11.8 Å². The SMILES string of the molecule is CCC(OC(=O)CC(=O)OCC(C)C)C(C)C. The van der Waals surface area contributed by atoms with Crippen LogP contribution in [0.25, 0.3) is 0 Å². The Morgan fingerprint density at radius 1 is 1.06 bits per heavy atom. The van der Waals surface area contributed by atoms with E-state index in [1.807, 2.05) is 34.6 Å². The first kappa shape index (κ1) is 15.9. The lowest BCUT2D eigenvalue weighted by molar-refractivity contribution is -0.159. The maximum atomic E-state index is 11.4. The molecule has 0 amide bonds. The van der Waals surface area contributed by atoms with Crippen molar-refractivity contribution in [3.05, 3.63) is 0 Å². The van der Waals surface area contributed by atoms with Gasteiger partial charge in [0.15, 0.2) is 0 Å². The van der Waals surface area contributed by atoms with Gasteiger partial charge in [-0.3, -0.25) is 9.59 Å². The molecule has 0 aromatic carbocycles. The van der Waals surface area contributed by atoms with E-state index in [1.54, 1.807) is 0 Å². The highest BCUT2D eigenvalue weighted by atomic mass is 16.6. The number of carbonyl (C=O) groups excluding carboxylic acids is 2. The smallest absolute Gasteiger partial charge is 0.317 e. The molecule has 0 saturated heterocycles. The Balaban J connectivity index is 3.96. The Kier molecular flexibility index (Phi) is 7.59. The molecule has 0 aromatic heterocycles. The van der Waals surface area contributed by atoms with E-state index in [0.717, 1.165) is 6.42 Å². The Morgan fingerprint density at radius 2 is 1.65 bits per heavy atom. The zero-order chi connectivity index (χ0) is 13.4. The van der Waals surface area contributed by atoms with Crippen molar-refractivity contribution in [1.82, 2.24) is 0 Å². The standard InChI is InChI=1S/C13H24O4/c1-6-11(10(4)5)17-13(15)7-12(14)16-8-9(2)3/h9-11H,6-8H2,1-5H3. The van der Waals surface area contributed by atoms with E-state index in [1.165, 1.54) is 0 Å². The molecule has 0 fully saturated rings. The van der Waals surface area contributed by atoms with Crippen LogP contribution in [0.4, 0.5) is 0 Å². The topological polar surface area (TPSA) is 52.6 Å². The number of ether oxygens (including phenoxy) is 2. The van der Waals surface area contributed by atoms with Crippen LogP contribution in [-0.2, 0) is 19.1 Å². The molecule has 17 heavy (non-hydrogen) atoms. The third kappa shape index (κ3) is 7.77. The van der Waals surface area contributed by atoms with Gasteiger partial charge in [0.05, 0.1) is 6.61 Å². The van der Waals surface area contributed by atoms with Crippen LogP contribution in [0.1, 0.15) is 47.5 Å². The molecular formula is C13H24O4. The molecule has 0 aliphatic carbocycles. The molecule has 0 spiro atoms. The van der Waals surface area contributed by atoms with Gasteiger partial charge in [-0.15, -0.1) is 0 Å². The van der Waals surface area contributed by atoms with Gasteiger partial charge in [-0.25, -0.2) is 0 Å². The third-order valence-corrected chi connectivity index (χ3v) is 2.30. The van der Waals surface area contributed by atoms with Crippen molar-refractivity contribution in [2.45, 2.75) is 53.6 Å². The summed E-state index contributed by atoms with van der Waals surface area (Å²) < 4.78 is 10.1.